The number of hydrogen-bond donors (Lipinski definition) is 1. The van der Waals surface area contributed by atoms with Gasteiger partial charge in [0, 0.05) is 38.3 Å². The molecule has 7 heteroatoms. The molecule has 0 bridgehead atoms. The van der Waals surface area contributed by atoms with Gasteiger partial charge in [0.25, 0.3) is 0 Å². The lowest BCUT2D eigenvalue weighted by Gasteiger charge is -2.28. The Morgan fingerprint density at radius 1 is 0.933 bits per heavy atom. The van der Waals surface area contributed by atoms with E-state index in [0.717, 1.165) is 44.7 Å². The number of hydrogen-bond acceptors (Lipinski definition) is 6. The molecular weight excluding hydrogens is 378 g/mol. The lowest BCUT2D eigenvalue weighted by molar-refractivity contribution is -0.136. The van der Waals surface area contributed by atoms with Crippen molar-refractivity contribution in [2.24, 2.45) is 5.92 Å². The summed E-state index contributed by atoms with van der Waals surface area (Å²) in [6.45, 7) is 3.02. The van der Waals surface area contributed by atoms with Gasteiger partial charge in [0.05, 0.1) is 5.56 Å². The normalized spacial score (nSPS) is 18.1. The van der Waals surface area contributed by atoms with Crippen molar-refractivity contribution in [3.63, 3.8) is 0 Å². The quantitative estimate of drug-likeness (QED) is 0.784. The third-order valence-corrected chi connectivity index (χ3v) is 6.14. The summed E-state index contributed by atoms with van der Waals surface area (Å²) in [5.41, 5.74) is 6.57. The highest BCUT2D eigenvalue weighted by Crippen LogP contribution is 2.26. The molecule has 1 aliphatic heterocycles. The van der Waals surface area contributed by atoms with E-state index in [1.165, 1.54) is 19.3 Å². The molecular formula is C23H29N5O2. The van der Waals surface area contributed by atoms with Gasteiger partial charge in [-0.05, 0) is 43.5 Å². The summed E-state index contributed by atoms with van der Waals surface area (Å²) in [4.78, 5) is 38.5. The van der Waals surface area contributed by atoms with Crippen LogP contribution in [0.1, 0.15) is 54.6 Å². The minimum absolute atomic E-state index is 0.203. The third kappa shape index (κ3) is 4.45. The molecule has 2 aromatic rings. The summed E-state index contributed by atoms with van der Waals surface area (Å²) < 4.78 is 0. The Labute approximate surface area is 177 Å². The molecule has 2 N–H and O–H groups in total. The van der Waals surface area contributed by atoms with Gasteiger partial charge in [0.2, 0.25) is 11.7 Å². The first-order chi connectivity index (χ1) is 14.6. The molecule has 1 saturated heterocycles. The molecule has 7 nitrogen and oxygen atoms in total. The second kappa shape index (κ2) is 9.24. The van der Waals surface area contributed by atoms with Gasteiger partial charge < -0.3 is 15.5 Å². The zero-order chi connectivity index (χ0) is 20.9. The van der Waals surface area contributed by atoms with Gasteiger partial charge in [-0.25, -0.2) is 9.97 Å². The SMILES string of the molecule is Nc1ncccc1C(=O)c1cccc(N2CCCN(C(=O)C3CCCCC3)CC2)n1. The van der Waals surface area contributed by atoms with E-state index in [2.05, 4.69) is 14.9 Å². The smallest absolute Gasteiger partial charge is 0.225 e. The Kier molecular flexibility index (Phi) is 6.26. The maximum atomic E-state index is 12.9. The minimum Gasteiger partial charge on any atom is -0.383 e. The fourth-order valence-electron chi connectivity index (χ4n) is 4.45. The largest absolute Gasteiger partial charge is 0.383 e. The molecule has 2 aromatic heterocycles. The van der Waals surface area contributed by atoms with Crippen LogP contribution in [-0.4, -0.2) is 52.7 Å². The third-order valence-electron chi connectivity index (χ3n) is 6.14. The monoisotopic (exact) mass is 407 g/mol. The van der Waals surface area contributed by atoms with Gasteiger partial charge in [0.15, 0.2) is 0 Å². The number of rotatable bonds is 4. The minimum atomic E-state index is -0.230. The van der Waals surface area contributed by atoms with E-state index in [4.69, 9.17) is 5.73 Å². The maximum Gasteiger partial charge on any atom is 0.225 e. The van der Waals surface area contributed by atoms with Crippen LogP contribution in [0.3, 0.4) is 0 Å². The molecule has 0 atom stereocenters. The van der Waals surface area contributed by atoms with Gasteiger partial charge in [-0.15, -0.1) is 0 Å². The first kappa shape index (κ1) is 20.3. The second-order valence-electron chi connectivity index (χ2n) is 8.15. The highest BCUT2D eigenvalue weighted by atomic mass is 16.2. The van der Waals surface area contributed by atoms with Crippen LogP contribution >= 0.6 is 0 Å². The Hall–Kier alpha value is -2.96. The number of nitrogen functional groups attached to an aromatic ring is 1. The van der Waals surface area contributed by atoms with Crippen LogP contribution in [-0.2, 0) is 4.79 Å². The standard InChI is InChI=1S/C23H29N5O2/c24-22-18(9-5-12-25-22)21(29)19-10-4-11-20(26-19)27-13-6-14-28(16-15-27)23(30)17-7-2-1-3-8-17/h4-5,9-12,17H,1-3,6-8,13-16H2,(H2,24,25). The van der Waals surface area contributed by atoms with E-state index >= 15 is 0 Å². The average Bonchev–Trinajstić information content (AvgIpc) is 3.05. The number of nitrogens with zero attached hydrogens (tertiary/aromatic N) is 4. The molecule has 1 aliphatic carbocycles. The summed E-state index contributed by atoms with van der Waals surface area (Å²) in [7, 11) is 0. The van der Waals surface area contributed by atoms with Gasteiger partial charge in [-0.1, -0.05) is 25.3 Å². The average molecular weight is 408 g/mol. The van der Waals surface area contributed by atoms with Crippen LogP contribution in [0.4, 0.5) is 11.6 Å². The summed E-state index contributed by atoms with van der Waals surface area (Å²) >= 11 is 0. The van der Waals surface area contributed by atoms with Crippen molar-refractivity contribution < 1.29 is 9.59 Å². The van der Waals surface area contributed by atoms with Crippen molar-refractivity contribution in [2.75, 3.05) is 36.8 Å². The first-order valence-corrected chi connectivity index (χ1v) is 10.9. The van der Waals surface area contributed by atoms with Crippen molar-refractivity contribution in [3.8, 4) is 0 Å². The molecule has 0 unspecified atom stereocenters. The van der Waals surface area contributed by atoms with Crippen molar-refractivity contribution in [2.45, 2.75) is 38.5 Å². The highest BCUT2D eigenvalue weighted by Gasteiger charge is 2.27. The van der Waals surface area contributed by atoms with E-state index in [-0.39, 0.29) is 17.5 Å². The molecule has 1 saturated carbocycles. The zero-order valence-corrected chi connectivity index (χ0v) is 17.3. The van der Waals surface area contributed by atoms with Crippen LogP contribution < -0.4 is 10.6 Å². The molecule has 4 rings (SSSR count). The van der Waals surface area contributed by atoms with Crippen molar-refractivity contribution in [1.82, 2.24) is 14.9 Å². The fourth-order valence-corrected chi connectivity index (χ4v) is 4.45. The van der Waals surface area contributed by atoms with Gasteiger partial charge in [-0.2, -0.15) is 0 Å². The summed E-state index contributed by atoms with van der Waals surface area (Å²) in [5, 5.41) is 0. The van der Waals surface area contributed by atoms with Gasteiger partial charge >= 0.3 is 0 Å². The van der Waals surface area contributed by atoms with Crippen LogP contribution in [0.2, 0.25) is 0 Å². The van der Waals surface area contributed by atoms with Crippen LogP contribution in [0.25, 0.3) is 0 Å². The van der Waals surface area contributed by atoms with Crippen LogP contribution in [0, 0.1) is 5.92 Å². The molecule has 1 amide bonds. The number of carbonyl (C=O) groups is 2. The van der Waals surface area contributed by atoms with Gasteiger partial charge in [-0.3, -0.25) is 9.59 Å². The molecule has 2 aliphatic rings. The number of amides is 1. The molecule has 2 fully saturated rings. The number of anilines is 2. The number of carbonyl (C=O) groups excluding carboxylic acids is 2. The van der Waals surface area contributed by atoms with Crippen molar-refractivity contribution in [3.05, 3.63) is 47.8 Å². The van der Waals surface area contributed by atoms with Crippen molar-refractivity contribution >= 4 is 23.3 Å². The number of aromatic nitrogens is 2. The predicted octanol–water partition coefficient (Wildman–Crippen LogP) is 2.91. The van der Waals surface area contributed by atoms with Crippen LogP contribution in [0.15, 0.2) is 36.5 Å². The summed E-state index contributed by atoms with van der Waals surface area (Å²) in [6, 6.07) is 8.83. The lowest BCUT2D eigenvalue weighted by Crippen LogP contribution is -2.39. The Bertz CT molecular complexity index is 910. The molecule has 0 aromatic carbocycles. The molecule has 158 valence electrons. The number of pyridine rings is 2. The Morgan fingerprint density at radius 3 is 2.57 bits per heavy atom. The highest BCUT2D eigenvalue weighted by molar-refractivity contribution is 6.10. The molecule has 0 spiro atoms. The van der Waals surface area contributed by atoms with E-state index in [0.29, 0.717) is 23.7 Å². The lowest BCUT2D eigenvalue weighted by atomic mass is 9.88. The van der Waals surface area contributed by atoms with Gasteiger partial charge in [0.1, 0.15) is 17.3 Å². The number of nitrogens with two attached hydrogens (primary N) is 1. The zero-order valence-electron chi connectivity index (χ0n) is 17.3. The van der Waals surface area contributed by atoms with E-state index in [9.17, 15) is 9.59 Å². The fraction of sp³-hybridized carbons (Fsp3) is 0.478. The number of ketones is 1. The van der Waals surface area contributed by atoms with E-state index in [1.54, 1.807) is 24.4 Å². The molecule has 30 heavy (non-hydrogen) atoms. The topological polar surface area (TPSA) is 92.4 Å². The van der Waals surface area contributed by atoms with E-state index < -0.39 is 0 Å². The second-order valence-corrected chi connectivity index (χ2v) is 8.15. The molecule has 0 radical (unpaired) electrons. The van der Waals surface area contributed by atoms with E-state index in [1.807, 2.05) is 17.0 Å². The Balaban J connectivity index is 1.45. The van der Waals surface area contributed by atoms with Crippen molar-refractivity contribution in [1.29, 1.82) is 0 Å². The predicted molar refractivity (Wildman–Crippen MR) is 116 cm³/mol. The summed E-state index contributed by atoms with van der Waals surface area (Å²) in [6.07, 6.45) is 8.11. The Morgan fingerprint density at radius 2 is 1.77 bits per heavy atom. The van der Waals surface area contributed by atoms with Crippen LogP contribution in [0.5, 0.6) is 0 Å². The molecule has 3 heterocycles. The maximum absolute atomic E-state index is 12.9. The summed E-state index contributed by atoms with van der Waals surface area (Å²) in [5.74, 6) is 1.26. The first-order valence-electron chi connectivity index (χ1n) is 10.9.